The number of phenolic OH excluding ortho intramolecular Hbond substituents is 1. The topological polar surface area (TPSA) is 54.9 Å². The van der Waals surface area contributed by atoms with E-state index in [9.17, 15) is 9.90 Å². The molecular weight excluding hydrogens is 326 g/mol. The van der Waals surface area contributed by atoms with E-state index in [2.05, 4.69) is 0 Å². The average Bonchev–Trinajstić information content (AvgIpc) is 3.15. The first-order valence-electron chi connectivity index (χ1n) is 9.28. The van der Waals surface area contributed by atoms with E-state index >= 15 is 0 Å². The maximum Gasteiger partial charge on any atom is 0.340 e. The molecule has 4 nitrogen and oxygen atoms in total. The van der Waals surface area contributed by atoms with Crippen molar-refractivity contribution in [1.29, 1.82) is 0 Å². The van der Waals surface area contributed by atoms with Crippen molar-refractivity contribution in [3.8, 4) is 5.75 Å². The summed E-state index contributed by atoms with van der Waals surface area (Å²) in [6.45, 7) is 4.88. The van der Waals surface area contributed by atoms with Crippen LogP contribution >= 0.6 is 0 Å². The zero-order valence-electron chi connectivity index (χ0n) is 15.0. The number of likely N-dealkylation sites (tertiary alicyclic amines) is 1. The van der Waals surface area contributed by atoms with Crippen LogP contribution in [0.2, 0.25) is 0 Å². The number of fused-ring (bicyclic) bond motifs is 1. The number of phenols is 1. The third-order valence-corrected chi connectivity index (χ3v) is 5.49. The summed E-state index contributed by atoms with van der Waals surface area (Å²) < 4.78 is 5.74. The summed E-state index contributed by atoms with van der Waals surface area (Å²) in [5.41, 5.74) is 3.71. The second-order valence-corrected chi connectivity index (χ2v) is 7.23. The van der Waals surface area contributed by atoms with Gasteiger partial charge in [-0.1, -0.05) is 30.3 Å². The molecule has 0 bridgehead atoms. The Labute approximate surface area is 152 Å². The van der Waals surface area contributed by atoms with Crippen molar-refractivity contribution in [2.75, 3.05) is 13.1 Å². The predicted octanol–water partition coefficient (Wildman–Crippen LogP) is 2.58. The molecule has 4 rings (SSSR count). The van der Waals surface area contributed by atoms with Crippen LogP contribution < -0.4 is 10.5 Å². The largest absolute Gasteiger partial charge is 0.507 e. The molecule has 1 fully saturated rings. The van der Waals surface area contributed by atoms with E-state index in [1.54, 1.807) is 6.07 Å². The molecule has 3 aromatic rings. The van der Waals surface area contributed by atoms with Crippen molar-refractivity contribution in [1.82, 2.24) is 0 Å². The second-order valence-electron chi connectivity index (χ2n) is 7.23. The molecule has 1 aliphatic heterocycles. The molecule has 1 aliphatic rings. The smallest absolute Gasteiger partial charge is 0.340 e. The first-order valence-corrected chi connectivity index (χ1v) is 9.28. The van der Waals surface area contributed by atoms with Crippen molar-refractivity contribution in [2.24, 2.45) is 0 Å². The van der Waals surface area contributed by atoms with Crippen molar-refractivity contribution < 1.29 is 14.4 Å². The number of aryl methyl sites for hydroxylation is 1. The summed E-state index contributed by atoms with van der Waals surface area (Å²) in [5, 5.41) is 11.3. The monoisotopic (exact) mass is 350 g/mol. The van der Waals surface area contributed by atoms with Crippen LogP contribution in [0.25, 0.3) is 11.0 Å². The van der Waals surface area contributed by atoms with E-state index in [1.807, 2.05) is 43.3 Å². The van der Waals surface area contributed by atoms with Gasteiger partial charge in [-0.2, -0.15) is 0 Å². The quantitative estimate of drug-likeness (QED) is 0.711. The lowest BCUT2D eigenvalue weighted by molar-refractivity contribution is -0.901. The number of aromatic hydroxyl groups is 1. The first kappa shape index (κ1) is 16.9. The minimum atomic E-state index is -0.304. The van der Waals surface area contributed by atoms with Gasteiger partial charge >= 0.3 is 5.63 Å². The van der Waals surface area contributed by atoms with Crippen LogP contribution in [0.3, 0.4) is 0 Å². The van der Waals surface area contributed by atoms with Crippen molar-refractivity contribution in [3.05, 3.63) is 75.1 Å². The van der Waals surface area contributed by atoms with E-state index in [0.29, 0.717) is 24.1 Å². The Morgan fingerprint density at radius 2 is 1.77 bits per heavy atom. The Morgan fingerprint density at radius 1 is 1.04 bits per heavy atom. The Hall–Kier alpha value is -2.59. The molecule has 2 heterocycles. The van der Waals surface area contributed by atoms with E-state index < -0.39 is 0 Å². The molecule has 1 aromatic heterocycles. The average molecular weight is 350 g/mol. The highest BCUT2D eigenvalue weighted by molar-refractivity contribution is 5.85. The van der Waals surface area contributed by atoms with E-state index in [1.165, 1.54) is 17.7 Å². The number of hydrogen-bond donors (Lipinski definition) is 2. The summed E-state index contributed by atoms with van der Waals surface area (Å²) in [7, 11) is 0. The maximum atomic E-state index is 12.7. The Balaban J connectivity index is 1.80. The molecule has 1 saturated heterocycles. The van der Waals surface area contributed by atoms with Crippen LogP contribution in [-0.2, 0) is 13.0 Å². The highest BCUT2D eigenvalue weighted by Gasteiger charge is 2.22. The first-order chi connectivity index (χ1) is 12.6. The molecule has 0 saturated carbocycles. The highest BCUT2D eigenvalue weighted by Crippen LogP contribution is 2.29. The van der Waals surface area contributed by atoms with Gasteiger partial charge in [-0.3, -0.25) is 0 Å². The standard InChI is InChI=1S/C22H23NO3/c1-15-17-9-10-20(24)19(14-23-11-5-6-12-23)21(17)26-22(25)18(15)13-16-7-3-2-4-8-16/h2-4,7-10,24H,5-6,11-14H2,1H3/p+1. The van der Waals surface area contributed by atoms with Gasteiger partial charge in [0.2, 0.25) is 0 Å². The lowest BCUT2D eigenvalue weighted by atomic mass is 9.98. The fraction of sp³-hybridized carbons (Fsp3) is 0.318. The number of rotatable bonds is 4. The molecule has 2 aromatic carbocycles. The van der Waals surface area contributed by atoms with Crippen molar-refractivity contribution in [3.63, 3.8) is 0 Å². The van der Waals surface area contributed by atoms with Gasteiger partial charge in [-0.05, 0) is 30.2 Å². The van der Waals surface area contributed by atoms with Crippen LogP contribution in [0, 0.1) is 6.92 Å². The fourth-order valence-corrected chi connectivity index (χ4v) is 3.98. The summed E-state index contributed by atoms with van der Waals surface area (Å²) >= 11 is 0. The van der Waals surface area contributed by atoms with Gasteiger partial charge in [-0.15, -0.1) is 0 Å². The molecule has 134 valence electrons. The summed E-state index contributed by atoms with van der Waals surface area (Å²) in [4.78, 5) is 14.1. The normalized spacial score (nSPS) is 15.0. The van der Waals surface area contributed by atoms with Gasteiger partial charge in [0.15, 0.2) is 5.58 Å². The lowest BCUT2D eigenvalue weighted by Gasteiger charge is -2.15. The Kier molecular flexibility index (Phi) is 4.51. The zero-order valence-corrected chi connectivity index (χ0v) is 15.0. The van der Waals surface area contributed by atoms with Gasteiger partial charge in [0.25, 0.3) is 0 Å². The summed E-state index contributed by atoms with van der Waals surface area (Å²) in [6.07, 6.45) is 2.98. The lowest BCUT2D eigenvalue weighted by Crippen LogP contribution is -3.08. The van der Waals surface area contributed by atoms with Crippen LogP contribution in [0.1, 0.15) is 35.1 Å². The molecule has 0 aliphatic carbocycles. The van der Waals surface area contributed by atoms with Crippen molar-refractivity contribution >= 4 is 11.0 Å². The molecule has 4 heteroatoms. The van der Waals surface area contributed by atoms with E-state index in [0.717, 1.165) is 35.2 Å². The minimum Gasteiger partial charge on any atom is -0.507 e. The van der Waals surface area contributed by atoms with Gasteiger partial charge in [0.05, 0.1) is 18.7 Å². The summed E-state index contributed by atoms with van der Waals surface area (Å²) in [5.74, 6) is 0.218. The maximum absolute atomic E-state index is 12.7. The molecule has 2 N–H and O–H groups in total. The predicted molar refractivity (Wildman–Crippen MR) is 102 cm³/mol. The zero-order chi connectivity index (χ0) is 18.1. The van der Waals surface area contributed by atoms with Gasteiger partial charge in [0, 0.05) is 30.2 Å². The Morgan fingerprint density at radius 3 is 2.50 bits per heavy atom. The highest BCUT2D eigenvalue weighted by atomic mass is 16.4. The van der Waals surface area contributed by atoms with Crippen LogP contribution in [0.4, 0.5) is 0 Å². The summed E-state index contributed by atoms with van der Waals surface area (Å²) in [6, 6.07) is 13.5. The molecule has 0 atom stereocenters. The molecule has 0 radical (unpaired) electrons. The molecule has 26 heavy (non-hydrogen) atoms. The molecule has 0 spiro atoms. The van der Waals surface area contributed by atoms with Crippen LogP contribution in [-0.4, -0.2) is 18.2 Å². The van der Waals surface area contributed by atoms with Gasteiger partial charge in [-0.25, -0.2) is 4.79 Å². The molecule has 0 amide bonds. The van der Waals surface area contributed by atoms with Crippen molar-refractivity contribution in [2.45, 2.75) is 32.7 Å². The number of hydrogen-bond acceptors (Lipinski definition) is 3. The second kappa shape index (κ2) is 6.96. The number of nitrogens with one attached hydrogen (secondary N) is 1. The van der Waals surface area contributed by atoms with E-state index in [4.69, 9.17) is 4.42 Å². The van der Waals surface area contributed by atoms with Gasteiger partial charge < -0.3 is 14.4 Å². The molecular formula is C22H24NO3+. The Bertz CT molecular complexity index is 986. The number of benzene rings is 2. The molecule has 0 unspecified atom stereocenters. The van der Waals surface area contributed by atoms with E-state index in [-0.39, 0.29) is 11.4 Å². The minimum absolute atomic E-state index is 0.218. The van der Waals surface area contributed by atoms with Crippen LogP contribution in [0.5, 0.6) is 5.75 Å². The SMILES string of the molecule is Cc1c(Cc2ccccc2)c(=O)oc2c(C[NH+]3CCCC3)c(O)ccc12. The van der Waals surface area contributed by atoms with Gasteiger partial charge in [0.1, 0.15) is 12.3 Å². The fourth-order valence-electron chi connectivity index (χ4n) is 3.98. The number of quaternary nitrogens is 1. The van der Waals surface area contributed by atoms with Crippen LogP contribution in [0.15, 0.2) is 51.7 Å². The third-order valence-electron chi connectivity index (χ3n) is 5.49. The third kappa shape index (κ3) is 3.13.